The summed E-state index contributed by atoms with van der Waals surface area (Å²) < 4.78 is 71.2. The average Bonchev–Trinajstić information content (AvgIpc) is 3.48. The zero-order chi connectivity index (χ0) is 40.5. The Balaban J connectivity index is 1.44. The monoisotopic (exact) mass is 816 g/mol. The lowest BCUT2D eigenvalue weighted by Crippen LogP contribution is -2.28. The number of thioether (sulfide) groups is 1. The lowest BCUT2D eigenvalue weighted by Gasteiger charge is -2.28. The number of nitro groups is 1. The number of allylic oxidation sites excluding steroid dienone is 7. The van der Waals surface area contributed by atoms with Crippen LogP contribution >= 0.6 is 11.8 Å². The summed E-state index contributed by atoms with van der Waals surface area (Å²) in [5, 5.41) is 11.4. The summed E-state index contributed by atoms with van der Waals surface area (Å²) in [6, 6.07) is 22.5. The van der Waals surface area contributed by atoms with Crippen molar-refractivity contribution in [2.45, 2.75) is 75.5 Å². The van der Waals surface area contributed by atoms with Crippen molar-refractivity contribution in [1.29, 1.82) is 0 Å². The molecule has 0 atom stereocenters. The van der Waals surface area contributed by atoms with Gasteiger partial charge in [-0.1, -0.05) is 74.2 Å². The van der Waals surface area contributed by atoms with Gasteiger partial charge in [-0.3, -0.25) is 10.1 Å². The molecule has 0 spiro atoms. The minimum Gasteiger partial charge on any atom is -0.748 e. The van der Waals surface area contributed by atoms with Crippen molar-refractivity contribution in [3.05, 3.63) is 140 Å². The SMILES string of the molecule is CC1(C)C(/C=C/C2=C(Sc3ccc([N+](=O)[O-])cc3)C(=C/C=C3\N(CCCS(=O)(=O)[O-])c4ccccc4C3(C)C)/CCC2)=[N+](CCCS(=O)(=O)[O-])c2ccccc21. The second kappa shape index (κ2) is 16.3. The summed E-state index contributed by atoms with van der Waals surface area (Å²) in [6.07, 6.45) is 11.2. The number of hydrogen-bond donors (Lipinski definition) is 0. The van der Waals surface area contributed by atoms with Gasteiger partial charge in [0.1, 0.15) is 6.54 Å². The molecular weight excluding hydrogens is 771 g/mol. The highest BCUT2D eigenvalue weighted by atomic mass is 32.2. The Morgan fingerprint density at radius 2 is 1.45 bits per heavy atom. The Labute approximate surface area is 333 Å². The van der Waals surface area contributed by atoms with Crippen LogP contribution in [-0.4, -0.2) is 65.7 Å². The molecule has 3 aliphatic rings. The standard InChI is InChI=1S/C42H47N3O8S3/c1-41(2)34-14-5-7-16-36(34)43(26-10-28-55(48,49)50)38(41)24-18-30-12-9-13-31(40(30)54-33-22-20-32(21-23-33)45(46)47)19-25-39-42(3,4)35-15-6-8-17-37(35)44(39)27-11-29-56(51,52)53/h5-8,14-25H,9-13,26-29H2,1-4H3,(H-,48,49,50,51,52,53)/p-1. The Hall–Kier alpha value is -4.34. The van der Waals surface area contributed by atoms with Crippen molar-refractivity contribution in [3.8, 4) is 0 Å². The fourth-order valence-corrected chi connectivity index (χ4v) is 10.1. The van der Waals surface area contributed by atoms with Gasteiger partial charge in [0.05, 0.1) is 30.6 Å². The number of rotatable bonds is 14. The highest BCUT2D eigenvalue weighted by molar-refractivity contribution is 8.03. The summed E-state index contributed by atoms with van der Waals surface area (Å²) in [7, 11) is -8.74. The smallest absolute Gasteiger partial charge is 0.269 e. The van der Waals surface area contributed by atoms with Gasteiger partial charge in [0.15, 0.2) is 5.71 Å². The molecule has 3 aromatic carbocycles. The zero-order valence-electron chi connectivity index (χ0n) is 31.9. The first-order chi connectivity index (χ1) is 26.4. The number of benzene rings is 3. The van der Waals surface area contributed by atoms with Gasteiger partial charge in [-0.05, 0) is 80.5 Å². The van der Waals surface area contributed by atoms with Crippen LogP contribution in [0.5, 0.6) is 0 Å². The molecule has 0 unspecified atom stereocenters. The van der Waals surface area contributed by atoms with Crippen LogP contribution in [0.4, 0.5) is 17.1 Å². The summed E-state index contributed by atoms with van der Waals surface area (Å²) in [5.41, 5.74) is 7.46. The highest BCUT2D eigenvalue weighted by Gasteiger charge is 2.44. The van der Waals surface area contributed by atoms with E-state index in [1.807, 2.05) is 36.4 Å². The molecule has 2 aliphatic heterocycles. The lowest BCUT2D eigenvalue weighted by atomic mass is 9.81. The summed E-state index contributed by atoms with van der Waals surface area (Å²) in [4.78, 5) is 15.0. The maximum atomic E-state index is 11.5. The average molecular weight is 817 g/mol. The van der Waals surface area contributed by atoms with Crippen molar-refractivity contribution in [2.24, 2.45) is 0 Å². The number of nitrogens with zero attached hydrogens (tertiary/aromatic N) is 3. The van der Waals surface area contributed by atoms with Crippen molar-refractivity contribution >= 4 is 54.8 Å². The van der Waals surface area contributed by atoms with Crippen LogP contribution in [0.1, 0.15) is 70.9 Å². The van der Waals surface area contributed by atoms with Gasteiger partial charge in [0.25, 0.3) is 5.69 Å². The van der Waals surface area contributed by atoms with Crippen molar-refractivity contribution in [2.75, 3.05) is 29.5 Å². The number of nitro benzene ring substituents is 1. The molecule has 0 amide bonds. The van der Waals surface area contributed by atoms with E-state index in [4.69, 9.17) is 0 Å². The van der Waals surface area contributed by atoms with Crippen LogP contribution in [0.25, 0.3) is 0 Å². The molecule has 56 heavy (non-hydrogen) atoms. The van der Waals surface area contributed by atoms with E-state index in [-0.39, 0.29) is 18.5 Å². The maximum Gasteiger partial charge on any atom is 0.269 e. The molecule has 3 aromatic rings. The van der Waals surface area contributed by atoms with Crippen LogP contribution in [0, 0.1) is 10.1 Å². The van der Waals surface area contributed by atoms with E-state index in [0.29, 0.717) is 13.1 Å². The molecule has 14 heteroatoms. The maximum absolute atomic E-state index is 11.5. The van der Waals surface area contributed by atoms with Gasteiger partial charge in [0.2, 0.25) is 5.69 Å². The van der Waals surface area contributed by atoms with E-state index >= 15 is 0 Å². The van der Waals surface area contributed by atoms with E-state index in [0.717, 1.165) is 74.1 Å². The van der Waals surface area contributed by atoms with Gasteiger partial charge in [0, 0.05) is 80.9 Å². The highest BCUT2D eigenvalue weighted by Crippen LogP contribution is 2.49. The Bertz CT molecular complexity index is 2410. The fourth-order valence-electron chi connectivity index (χ4n) is 8.03. The molecule has 0 saturated heterocycles. The van der Waals surface area contributed by atoms with E-state index in [1.54, 1.807) is 23.9 Å². The van der Waals surface area contributed by atoms with E-state index in [2.05, 4.69) is 73.6 Å². The third-order valence-corrected chi connectivity index (χ3v) is 13.6. The Kier molecular flexibility index (Phi) is 12.0. The van der Waals surface area contributed by atoms with Crippen LogP contribution in [0.3, 0.4) is 0 Å². The van der Waals surface area contributed by atoms with Gasteiger partial charge in [-0.2, -0.15) is 4.58 Å². The molecule has 0 radical (unpaired) electrons. The van der Waals surface area contributed by atoms with Crippen LogP contribution in [0.15, 0.2) is 124 Å². The predicted molar refractivity (Wildman–Crippen MR) is 220 cm³/mol. The second-order valence-electron chi connectivity index (χ2n) is 15.3. The van der Waals surface area contributed by atoms with Gasteiger partial charge in [-0.25, -0.2) is 16.8 Å². The molecule has 2 heterocycles. The Morgan fingerprint density at radius 3 is 2.12 bits per heavy atom. The molecule has 0 aromatic heterocycles. The topological polar surface area (TPSA) is 164 Å². The minimum atomic E-state index is -4.37. The van der Waals surface area contributed by atoms with Gasteiger partial charge in [-0.15, -0.1) is 0 Å². The van der Waals surface area contributed by atoms with Gasteiger partial charge < -0.3 is 14.0 Å². The summed E-state index contributed by atoms with van der Waals surface area (Å²) in [6.45, 7) is 9.26. The third-order valence-electron chi connectivity index (χ3n) is 10.8. The summed E-state index contributed by atoms with van der Waals surface area (Å²) >= 11 is 1.54. The molecule has 0 fully saturated rings. The first-order valence-electron chi connectivity index (χ1n) is 18.6. The predicted octanol–water partition coefficient (Wildman–Crippen LogP) is 8.24. The largest absolute Gasteiger partial charge is 0.748 e. The quantitative estimate of drug-likeness (QED) is 0.0670. The molecule has 0 saturated carbocycles. The summed E-state index contributed by atoms with van der Waals surface area (Å²) in [5.74, 6) is -0.907. The molecular formula is C42H46N3O8S3-. The molecule has 11 nitrogen and oxygen atoms in total. The first-order valence-corrected chi connectivity index (χ1v) is 22.6. The fraction of sp³-hybridized carbons (Fsp3) is 0.357. The molecule has 6 rings (SSSR count). The van der Waals surface area contributed by atoms with E-state index < -0.39 is 47.5 Å². The molecule has 0 N–H and O–H groups in total. The lowest BCUT2D eigenvalue weighted by molar-refractivity contribution is -0.437. The van der Waals surface area contributed by atoms with Crippen molar-refractivity contribution in [3.63, 3.8) is 0 Å². The van der Waals surface area contributed by atoms with E-state index in [9.17, 15) is 36.1 Å². The molecule has 0 bridgehead atoms. The third kappa shape index (κ3) is 9.10. The van der Waals surface area contributed by atoms with Gasteiger partial charge >= 0.3 is 0 Å². The number of para-hydroxylation sites is 2. The van der Waals surface area contributed by atoms with Crippen LogP contribution < -0.4 is 4.90 Å². The first kappa shape index (κ1) is 41.3. The van der Waals surface area contributed by atoms with E-state index in [1.165, 1.54) is 12.1 Å². The number of fused-ring (bicyclic) bond motifs is 2. The molecule has 1 aliphatic carbocycles. The minimum absolute atomic E-state index is 0.00444. The Morgan fingerprint density at radius 1 is 0.804 bits per heavy atom. The number of anilines is 1. The molecule has 296 valence electrons. The van der Waals surface area contributed by atoms with Crippen LogP contribution in [-0.2, 0) is 31.1 Å². The normalized spacial score (nSPS) is 19.4. The second-order valence-corrected chi connectivity index (χ2v) is 19.5. The van der Waals surface area contributed by atoms with Crippen molar-refractivity contribution in [1.82, 2.24) is 0 Å². The number of non-ortho nitro benzene ring substituents is 1. The van der Waals surface area contributed by atoms with Crippen molar-refractivity contribution < 1.29 is 35.4 Å². The van der Waals surface area contributed by atoms with Crippen LogP contribution in [0.2, 0.25) is 0 Å². The number of hydrogen-bond acceptors (Lipinski definition) is 10. The zero-order valence-corrected chi connectivity index (χ0v) is 34.4.